The molecule has 1 aliphatic rings. The van der Waals surface area contributed by atoms with E-state index in [1.807, 2.05) is 11.8 Å². The summed E-state index contributed by atoms with van der Waals surface area (Å²) in [5.41, 5.74) is 1.08. The fraction of sp³-hybridized carbons (Fsp3) is 0.500. The van der Waals surface area contributed by atoms with Crippen LogP contribution in [0.1, 0.15) is 12.6 Å². The molecule has 0 aromatic carbocycles. The van der Waals surface area contributed by atoms with E-state index in [-0.39, 0.29) is 4.75 Å². The van der Waals surface area contributed by atoms with Gasteiger partial charge in [-0.3, -0.25) is 0 Å². The molecule has 1 unspecified atom stereocenters. The van der Waals surface area contributed by atoms with Gasteiger partial charge in [0.2, 0.25) is 0 Å². The Labute approximate surface area is 57.7 Å². The van der Waals surface area contributed by atoms with Crippen LogP contribution in [0, 0.1) is 0 Å². The number of aromatic nitrogens is 1. The fourth-order valence-corrected chi connectivity index (χ4v) is 1.34. The zero-order valence-corrected chi connectivity index (χ0v) is 5.94. The standard InChI is InChI=1S/C6H7NOS/c1-6(3-9-6)5-2-8-4-7-5/h2,4H,3H2,1H3. The molecule has 0 N–H and O–H groups in total. The quantitative estimate of drug-likeness (QED) is 0.556. The van der Waals surface area contributed by atoms with E-state index in [0.717, 1.165) is 5.69 Å². The Hall–Kier alpha value is -0.440. The van der Waals surface area contributed by atoms with Gasteiger partial charge in [-0.1, -0.05) is 0 Å². The summed E-state index contributed by atoms with van der Waals surface area (Å²) in [6.45, 7) is 2.18. The second-order valence-corrected chi connectivity index (χ2v) is 3.87. The maximum Gasteiger partial charge on any atom is 0.180 e. The topological polar surface area (TPSA) is 26.0 Å². The summed E-state index contributed by atoms with van der Waals surface area (Å²) in [7, 11) is 0. The molecule has 1 aliphatic heterocycles. The normalized spacial score (nSPS) is 32.6. The third-order valence-corrected chi connectivity index (χ3v) is 2.92. The van der Waals surface area contributed by atoms with Gasteiger partial charge < -0.3 is 4.42 Å². The van der Waals surface area contributed by atoms with Crippen molar-refractivity contribution in [2.45, 2.75) is 11.7 Å². The maximum atomic E-state index is 4.86. The SMILES string of the molecule is CC1(c2cocn2)CS1. The molecular formula is C6H7NOS. The van der Waals surface area contributed by atoms with E-state index >= 15 is 0 Å². The van der Waals surface area contributed by atoms with E-state index < -0.39 is 0 Å². The van der Waals surface area contributed by atoms with Crippen molar-refractivity contribution in [3.63, 3.8) is 0 Å². The van der Waals surface area contributed by atoms with Crippen LogP contribution in [0.4, 0.5) is 0 Å². The van der Waals surface area contributed by atoms with Gasteiger partial charge in [-0.15, -0.1) is 11.8 Å². The second kappa shape index (κ2) is 1.53. The van der Waals surface area contributed by atoms with E-state index in [0.29, 0.717) is 0 Å². The van der Waals surface area contributed by atoms with Crippen molar-refractivity contribution >= 4 is 11.8 Å². The molecule has 1 aromatic rings. The second-order valence-electron chi connectivity index (χ2n) is 2.39. The van der Waals surface area contributed by atoms with Gasteiger partial charge in [0.05, 0.1) is 10.4 Å². The third kappa shape index (κ3) is 0.758. The van der Waals surface area contributed by atoms with Gasteiger partial charge in [0.15, 0.2) is 6.39 Å². The van der Waals surface area contributed by atoms with Gasteiger partial charge >= 0.3 is 0 Å². The first-order chi connectivity index (χ1) is 4.31. The lowest BCUT2D eigenvalue weighted by Crippen LogP contribution is -1.98. The van der Waals surface area contributed by atoms with Gasteiger partial charge in [-0.2, -0.15) is 0 Å². The average molecular weight is 141 g/mol. The molecule has 9 heavy (non-hydrogen) atoms. The van der Waals surface area contributed by atoms with Crippen molar-refractivity contribution in [1.82, 2.24) is 4.98 Å². The zero-order chi connectivity index (χ0) is 6.32. The highest BCUT2D eigenvalue weighted by Gasteiger charge is 2.42. The summed E-state index contributed by atoms with van der Waals surface area (Å²) in [6, 6.07) is 0. The van der Waals surface area contributed by atoms with E-state index in [9.17, 15) is 0 Å². The maximum absolute atomic E-state index is 4.86. The molecule has 1 atom stereocenters. The van der Waals surface area contributed by atoms with Crippen molar-refractivity contribution in [3.8, 4) is 0 Å². The Kier molecular flexibility index (Phi) is 0.913. The first-order valence-electron chi connectivity index (χ1n) is 2.84. The van der Waals surface area contributed by atoms with Crippen LogP contribution in [-0.2, 0) is 4.75 Å². The Morgan fingerprint density at radius 2 is 2.67 bits per heavy atom. The van der Waals surface area contributed by atoms with Crippen molar-refractivity contribution in [1.29, 1.82) is 0 Å². The molecule has 2 nitrogen and oxygen atoms in total. The molecule has 48 valence electrons. The minimum Gasteiger partial charge on any atom is -0.451 e. The lowest BCUT2D eigenvalue weighted by Gasteiger charge is -1.96. The Morgan fingerprint density at radius 1 is 1.89 bits per heavy atom. The number of nitrogens with zero attached hydrogens (tertiary/aromatic N) is 1. The van der Waals surface area contributed by atoms with Crippen LogP contribution >= 0.6 is 11.8 Å². The average Bonchev–Trinajstić information content (AvgIpc) is 2.46. The minimum absolute atomic E-state index is 0.285. The summed E-state index contributed by atoms with van der Waals surface area (Å²) in [5, 5.41) is 0. The fourth-order valence-electron chi connectivity index (χ4n) is 0.730. The minimum atomic E-state index is 0.285. The Balaban J connectivity index is 2.34. The van der Waals surface area contributed by atoms with Crippen LogP contribution < -0.4 is 0 Å². The van der Waals surface area contributed by atoms with E-state index in [4.69, 9.17) is 4.42 Å². The number of oxazole rings is 1. The number of rotatable bonds is 1. The molecule has 3 heteroatoms. The molecule has 0 saturated carbocycles. The van der Waals surface area contributed by atoms with Crippen molar-refractivity contribution in [2.24, 2.45) is 0 Å². The Morgan fingerprint density at radius 3 is 3.11 bits per heavy atom. The number of thioether (sulfide) groups is 1. The van der Waals surface area contributed by atoms with Crippen LogP contribution in [0.3, 0.4) is 0 Å². The highest BCUT2D eigenvalue weighted by atomic mass is 32.2. The predicted octanol–water partition coefficient (Wildman–Crippen LogP) is 1.64. The molecular weight excluding hydrogens is 134 g/mol. The summed E-state index contributed by atoms with van der Waals surface area (Å²) in [6.07, 6.45) is 3.21. The molecule has 0 amide bonds. The van der Waals surface area contributed by atoms with Gasteiger partial charge in [-0.05, 0) is 6.92 Å². The van der Waals surface area contributed by atoms with E-state index in [2.05, 4.69) is 11.9 Å². The molecule has 1 saturated heterocycles. The number of hydrogen-bond donors (Lipinski definition) is 0. The highest BCUT2D eigenvalue weighted by Crippen LogP contribution is 2.52. The molecule has 0 bridgehead atoms. The molecule has 1 fully saturated rings. The summed E-state index contributed by atoms with van der Waals surface area (Å²) >= 11 is 1.91. The summed E-state index contributed by atoms with van der Waals surface area (Å²) in [5.74, 6) is 1.18. The van der Waals surface area contributed by atoms with Crippen molar-refractivity contribution in [3.05, 3.63) is 18.4 Å². The van der Waals surface area contributed by atoms with Crippen LogP contribution in [0.2, 0.25) is 0 Å². The lowest BCUT2D eigenvalue weighted by molar-refractivity contribution is 0.555. The number of hydrogen-bond acceptors (Lipinski definition) is 3. The van der Waals surface area contributed by atoms with Crippen LogP contribution in [0.5, 0.6) is 0 Å². The van der Waals surface area contributed by atoms with Gasteiger partial charge in [0.25, 0.3) is 0 Å². The summed E-state index contributed by atoms with van der Waals surface area (Å²) in [4.78, 5) is 4.06. The van der Waals surface area contributed by atoms with Crippen molar-refractivity contribution < 1.29 is 4.42 Å². The van der Waals surface area contributed by atoms with Gasteiger partial charge in [0, 0.05) is 5.75 Å². The molecule has 1 aromatic heterocycles. The Bertz CT molecular complexity index is 203. The molecule has 2 heterocycles. The van der Waals surface area contributed by atoms with E-state index in [1.54, 1.807) is 6.26 Å². The lowest BCUT2D eigenvalue weighted by atomic mass is 10.2. The van der Waals surface area contributed by atoms with Crippen LogP contribution in [0.15, 0.2) is 17.1 Å². The van der Waals surface area contributed by atoms with Crippen molar-refractivity contribution in [2.75, 3.05) is 5.75 Å². The molecule has 0 radical (unpaired) electrons. The molecule has 2 rings (SSSR count). The van der Waals surface area contributed by atoms with Gasteiger partial charge in [-0.25, -0.2) is 4.98 Å². The summed E-state index contributed by atoms with van der Waals surface area (Å²) < 4.78 is 5.14. The smallest absolute Gasteiger partial charge is 0.180 e. The third-order valence-electron chi connectivity index (χ3n) is 1.55. The first-order valence-corrected chi connectivity index (χ1v) is 3.82. The largest absolute Gasteiger partial charge is 0.451 e. The monoisotopic (exact) mass is 141 g/mol. The molecule has 0 spiro atoms. The van der Waals surface area contributed by atoms with E-state index in [1.165, 1.54) is 12.1 Å². The molecule has 0 aliphatic carbocycles. The van der Waals surface area contributed by atoms with Crippen LogP contribution in [-0.4, -0.2) is 10.7 Å². The zero-order valence-electron chi connectivity index (χ0n) is 5.13. The highest BCUT2D eigenvalue weighted by molar-refractivity contribution is 8.07. The first kappa shape index (κ1) is 5.35. The van der Waals surface area contributed by atoms with Gasteiger partial charge in [0.1, 0.15) is 6.26 Å². The van der Waals surface area contributed by atoms with Crippen LogP contribution in [0.25, 0.3) is 0 Å². The predicted molar refractivity (Wildman–Crippen MR) is 36.3 cm³/mol.